The second kappa shape index (κ2) is 7.65. The Kier molecular flexibility index (Phi) is 4.88. The van der Waals surface area contributed by atoms with Gasteiger partial charge < -0.3 is 0 Å². The third-order valence-corrected chi connectivity index (χ3v) is 4.50. The number of nitro groups is 1. The normalized spacial score (nSPS) is 11.2. The van der Waals surface area contributed by atoms with Crippen LogP contribution in [0, 0.1) is 10.1 Å². The Morgan fingerprint density at radius 3 is 2.59 bits per heavy atom. The van der Waals surface area contributed by atoms with E-state index < -0.39 is 10.5 Å². The minimum absolute atomic E-state index is 0.0864. The highest BCUT2D eigenvalue weighted by molar-refractivity contribution is 6.30. The Labute approximate surface area is 169 Å². The predicted octanol–water partition coefficient (Wildman–Crippen LogP) is 4.51. The first-order chi connectivity index (χ1) is 14.0. The van der Waals surface area contributed by atoms with Crippen molar-refractivity contribution in [1.29, 1.82) is 0 Å². The summed E-state index contributed by atoms with van der Waals surface area (Å²) in [5, 5.41) is 12.2. The molecule has 0 aliphatic carbocycles. The molecule has 0 unspecified atom stereocenters. The summed E-state index contributed by atoms with van der Waals surface area (Å²) in [5.41, 5.74) is 0.535. The lowest BCUT2D eigenvalue weighted by atomic mass is 10.2. The van der Waals surface area contributed by atoms with Crippen LogP contribution in [0.2, 0.25) is 5.02 Å². The smallest absolute Gasteiger partial charge is 0.268 e. The average Bonchev–Trinajstić information content (AvgIpc) is 2.73. The summed E-state index contributed by atoms with van der Waals surface area (Å²) < 4.78 is 1.22. The first-order valence-corrected chi connectivity index (χ1v) is 8.97. The van der Waals surface area contributed by atoms with Crippen LogP contribution in [0.5, 0.6) is 0 Å². The molecule has 0 saturated heterocycles. The molecule has 0 saturated carbocycles. The third-order valence-electron chi connectivity index (χ3n) is 4.27. The van der Waals surface area contributed by atoms with Gasteiger partial charge in [0.2, 0.25) is 0 Å². The Bertz CT molecular complexity index is 1320. The summed E-state index contributed by atoms with van der Waals surface area (Å²) in [5.74, 6) is 0.241. The lowest BCUT2D eigenvalue weighted by Gasteiger charge is -2.12. The molecule has 4 rings (SSSR count). The highest BCUT2D eigenvalue weighted by Crippen LogP contribution is 2.27. The monoisotopic (exact) mass is 404 g/mol. The molecule has 4 aromatic rings. The van der Waals surface area contributed by atoms with E-state index in [9.17, 15) is 14.9 Å². The van der Waals surface area contributed by atoms with Gasteiger partial charge >= 0.3 is 0 Å². The van der Waals surface area contributed by atoms with Crippen LogP contribution in [-0.4, -0.2) is 19.5 Å². The lowest BCUT2D eigenvalue weighted by Crippen LogP contribution is -2.23. The standard InChI is InChI=1S/C21H13ClN4O3/c22-14-8-10-18(19(13-14)26(28)29)25-20(11-9-15-5-3-4-12-23-15)24-17-7-2-1-6-16(17)21(25)27/h1-13H/b11-9+. The van der Waals surface area contributed by atoms with Gasteiger partial charge in [-0.15, -0.1) is 0 Å². The van der Waals surface area contributed by atoms with Crippen LogP contribution in [-0.2, 0) is 0 Å². The van der Waals surface area contributed by atoms with Crippen molar-refractivity contribution in [3.63, 3.8) is 0 Å². The molecule has 2 heterocycles. The van der Waals surface area contributed by atoms with Crippen molar-refractivity contribution in [2.24, 2.45) is 0 Å². The number of nitrogens with zero attached hydrogens (tertiary/aromatic N) is 4. The van der Waals surface area contributed by atoms with Gasteiger partial charge in [0.25, 0.3) is 11.2 Å². The molecular formula is C21H13ClN4O3. The molecule has 0 fully saturated rings. The maximum absolute atomic E-state index is 13.2. The quantitative estimate of drug-likeness (QED) is 0.368. The molecule has 2 aromatic heterocycles. The number of halogens is 1. The predicted molar refractivity (Wildman–Crippen MR) is 112 cm³/mol. The fraction of sp³-hybridized carbons (Fsp3) is 0. The molecule has 29 heavy (non-hydrogen) atoms. The van der Waals surface area contributed by atoms with Crippen LogP contribution in [0.4, 0.5) is 5.69 Å². The van der Waals surface area contributed by atoms with E-state index in [1.807, 2.05) is 6.07 Å². The maximum atomic E-state index is 13.2. The van der Waals surface area contributed by atoms with Crippen LogP contribution in [0.1, 0.15) is 11.5 Å². The van der Waals surface area contributed by atoms with E-state index in [4.69, 9.17) is 11.6 Å². The zero-order valence-corrected chi connectivity index (χ0v) is 15.7. The zero-order valence-electron chi connectivity index (χ0n) is 14.9. The number of nitro benzene ring substituents is 1. The van der Waals surface area contributed by atoms with Crippen LogP contribution in [0.3, 0.4) is 0 Å². The number of hydrogen-bond acceptors (Lipinski definition) is 5. The van der Waals surface area contributed by atoms with Gasteiger partial charge in [-0.05, 0) is 48.6 Å². The second-order valence-electron chi connectivity index (χ2n) is 6.11. The van der Waals surface area contributed by atoms with Gasteiger partial charge in [0.1, 0.15) is 11.5 Å². The van der Waals surface area contributed by atoms with Crippen molar-refractivity contribution in [2.45, 2.75) is 0 Å². The van der Waals surface area contributed by atoms with Gasteiger partial charge in [-0.2, -0.15) is 0 Å². The van der Waals surface area contributed by atoms with E-state index in [-0.39, 0.29) is 22.2 Å². The first kappa shape index (κ1) is 18.5. The fourth-order valence-electron chi connectivity index (χ4n) is 2.96. The van der Waals surface area contributed by atoms with Crippen LogP contribution < -0.4 is 5.56 Å². The molecule has 0 radical (unpaired) electrons. The Morgan fingerprint density at radius 2 is 1.83 bits per heavy atom. The summed E-state index contributed by atoms with van der Waals surface area (Å²) >= 11 is 5.93. The van der Waals surface area contributed by atoms with Crippen LogP contribution in [0.25, 0.3) is 28.7 Å². The van der Waals surface area contributed by atoms with E-state index in [0.29, 0.717) is 16.6 Å². The van der Waals surface area contributed by atoms with Crippen molar-refractivity contribution in [3.8, 4) is 5.69 Å². The van der Waals surface area contributed by atoms with Crippen molar-refractivity contribution in [2.75, 3.05) is 0 Å². The number of hydrogen-bond donors (Lipinski definition) is 0. The van der Waals surface area contributed by atoms with Crippen molar-refractivity contribution in [3.05, 3.63) is 104 Å². The molecule has 0 amide bonds. The highest BCUT2D eigenvalue weighted by Gasteiger charge is 2.20. The van der Waals surface area contributed by atoms with Gasteiger partial charge in [-0.25, -0.2) is 4.98 Å². The summed E-state index contributed by atoms with van der Waals surface area (Å²) in [6.45, 7) is 0. The molecule has 0 atom stereocenters. The van der Waals surface area contributed by atoms with Crippen molar-refractivity contribution < 1.29 is 4.92 Å². The molecule has 0 bridgehead atoms. The van der Waals surface area contributed by atoms with Gasteiger partial charge in [-0.3, -0.25) is 24.5 Å². The molecule has 7 nitrogen and oxygen atoms in total. The minimum atomic E-state index is -0.574. The van der Waals surface area contributed by atoms with Crippen molar-refractivity contribution in [1.82, 2.24) is 14.5 Å². The maximum Gasteiger partial charge on any atom is 0.294 e. The Hall–Kier alpha value is -3.84. The molecule has 0 spiro atoms. The van der Waals surface area contributed by atoms with Crippen LogP contribution >= 0.6 is 11.6 Å². The van der Waals surface area contributed by atoms with E-state index in [1.54, 1.807) is 54.7 Å². The molecule has 142 valence electrons. The summed E-state index contributed by atoms with van der Waals surface area (Å²) in [6, 6.07) is 16.4. The topological polar surface area (TPSA) is 90.9 Å². The number of fused-ring (bicyclic) bond motifs is 1. The number of para-hydroxylation sites is 1. The van der Waals surface area contributed by atoms with Gasteiger partial charge in [0, 0.05) is 17.3 Å². The van der Waals surface area contributed by atoms with Crippen LogP contribution in [0.15, 0.2) is 71.7 Å². The van der Waals surface area contributed by atoms with Gasteiger partial charge in [0.05, 0.1) is 21.5 Å². The third kappa shape index (κ3) is 3.63. The highest BCUT2D eigenvalue weighted by atomic mass is 35.5. The SMILES string of the molecule is O=c1c2ccccc2nc(/C=C/c2ccccn2)n1-c1ccc(Cl)cc1[N+](=O)[O-]. The number of pyridine rings is 1. The number of benzene rings is 2. The summed E-state index contributed by atoms with van der Waals surface area (Å²) in [4.78, 5) is 33.0. The molecule has 0 N–H and O–H groups in total. The largest absolute Gasteiger partial charge is 0.294 e. The molecule has 0 aliphatic rings. The van der Waals surface area contributed by atoms with Crippen molar-refractivity contribution >= 4 is 40.3 Å². The minimum Gasteiger partial charge on any atom is -0.268 e. The number of rotatable bonds is 4. The molecule has 0 aliphatic heterocycles. The zero-order chi connectivity index (χ0) is 20.4. The second-order valence-corrected chi connectivity index (χ2v) is 6.54. The fourth-order valence-corrected chi connectivity index (χ4v) is 3.13. The molecular weight excluding hydrogens is 392 g/mol. The lowest BCUT2D eigenvalue weighted by molar-refractivity contribution is -0.384. The average molecular weight is 405 g/mol. The van der Waals surface area contributed by atoms with E-state index in [0.717, 1.165) is 0 Å². The molecule has 8 heteroatoms. The Morgan fingerprint density at radius 1 is 1.03 bits per heavy atom. The summed E-state index contributed by atoms with van der Waals surface area (Å²) in [7, 11) is 0. The summed E-state index contributed by atoms with van der Waals surface area (Å²) in [6.07, 6.45) is 4.94. The Balaban J connectivity index is 2.02. The van der Waals surface area contributed by atoms with E-state index >= 15 is 0 Å². The van der Waals surface area contributed by atoms with E-state index in [2.05, 4.69) is 9.97 Å². The number of aromatic nitrogens is 3. The van der Waals surface area contributed by atoms with Gasteiger partial charge in [-0.1, -0.05) is 29.8 Å². The van der Waals surface area contributed by atoms with E-state index in [1.165, 1.54) is 22.8 Å². The molecule has 2 aromatic carbocycles. The first-order valence-electron chi connectivity index (χ1n) is 8.60. The van der Waals surface area contributed by atoms with Gasteiger partial charge in [0.15, 0.2) is 0 Å².